The van der Waals surface area contributed by atoms with Gasteiger partial charge in [-0.1, -0.05) is 20.8 Å². The van der Waals surface area contributed by atoms with Crippen LogP contribution in [0.15, 0.2) is 0 Å². The van der Waals surface area contributed by atoms with Crippen molar-refractivity contribution < 1.29 is 14.4 Å². The van der Waals surface area contributed by atoms with Gasteiger partial charge in [0.25, 0.3) is 0 Å². The average Bonchev–Trinajstić information content (AvgIpc) is 2.56. The third-order valence-corrected chi connectivity index (χ3v) is 4.39. The van der Waals surface area contributed by atoms with Gasteiger partial charge in [0.05, 0.1) is 0 Å². The summed E-state index contributed by atoms with van der Waals surface area (Å²) in [6.07, 6.45) is 4.34. The molecule has 0 aliphatic carbocycles. The summed E-state index contributed by atoms with van der Waals surface area (Å²) in [4.78, 5) is 37.8. The molecule has 8 heteroatoms. The lowest BCUT2D eigenvalue weighted by atomic mass is 9.96. The summed E-state index contributed by atoms with van der Waals surface area (Å²) < 4.78 is 0. The second kappa shape index (κ2) is 12.1. The van der Waals surface area contributed by atoms with Gasteiger partial charge in [0, 0.05) is 50.5 Å². The number of hydrogen-bond donors (Lipinski definition) is 3. The molecule has 26 heavy (non-hydrogen) atoms. The Kier molecular flexibility index (Phi) is 11.5. The summed E-state index contributed by atoms with van der Waals surface area (Å²) in [7, 11) is 0. The number of halogens is 1. The Hall–Kier alpha value is -1.34. The highest BCUT2D eigenvalue weighted by Crippen LogP contribution is 2.18. The molecule has 1 saturated heterocycles. The summed E-state index contributed by atoms with van der Waals surface area (Å²) in [5, 5.41) is 5.73. The minimum atomic E-state index is -0.413. The average molecular weight is 391 g/mol. The van der Waals surface area contributed by atoms with E-state index >= 15 is 0 Å². The van der Waals surface area contributed by atoms with E-state index in [-0.39, 0.29) is 36.2 Å². The fraction of sp³-hybridized carbons (Fsp3) is 0.833. The van der Waals surface area contributed by atoms with Crippen molar-refractivity contribution >= 4 is 30.1 Å². The van der Waals surface area contributed by atoms with Crippen LogP contribution in [0.5, 0.6) is 0 Å². The summed E-state index contributed by atoms with van der Waals surface area (Å²) in [6.45, 7) is 7.67. The molecule has 152 valence electrons. The van der Waals surface area contributed by atoms with Crippen molar-refractivity contribution in [3.8, 4) is 0 Å². The Bertz CT molecular complexity index is 466. The van der Waals surface area contributed by atoms with Gasteiger partial charge in [0.2, 0.25) is 17.7 Å². The number of nitrogens with two attached hydrogens (primary N) is 1. The maximum absolute atomic E-state index is 12.5. The number of rotatable bonds is 8. The number of carbonyl (C=O) groups excluding carboxylic acids is 3. The normalized spacial score (nSPS) is 17.2. The molecular formula is C18H35ClN4O3. The Morgan fingerprint density at radius 3 is 2.42 bits per heavy atom. The lowest BCUT2D eigenvalue weighted by Crippen LogP contribution is -2.49. The maximum atomic E-state index is 12.5. The first-order chi connectivity index (χ1) is 11.8. The van der Waals surface area contributed by atoms with Crippen molar-refractivity contribution in [2.75, 3.05) is 26.2 Å². The molecule has 0 radical (unpaired) electrons. The highest BCUT2D eigenvalue weighted by molar-refractivity contribution is 5.85. The number of nitrogens with zero attached hydrogens (tertiary/aromatic N) is 1. The van der Waals surface area contributed by atoms with Crippen LogP contribution in [0.4, 0.5) is 0 Å². The van der Waals surface area contributed by atoms with Crippen LogP contribution in [-0.4, -0.2) is 54.8 Å². The highest BCUT2D eigenvalue weighted by atomic mass is 35.5. The summed E-state index contributed by atoms with van der Waals surface area (Å²) in [6, 6.07) is 0.0622. The van der Waals surface area contributed by atoms with Gasteiger partial charge >= 0.3 is 0 Å². The van der Waals surface area contributed by atoms with Crippen molar-refractivity contribution in [3.05, 3.63) is 0 Å². The van der Waals surface area contributed by atoms with Crippen LogP contribution < -0.4 is 16.4 Å². The van der Waals surface area contributed by atoms with Crippen molar-refractivity contribution in [1.29, 1.82) is 0 Å². The first-order valence-corrected chi connectivity index (χ1v) is 9.30. The third kappa shape index (κ3) is 8.85. The van der Waals surface area contributed by atoms with Gasteiger partial charge in [0.15, 0.2) is 0 Å². The molecule has 0 aromatic carbocycles. The third-order valence-electron chi connectivity index (χ3n) is 4.39. The number of nitrogens with one attached hydrogen (secondary N) is 2. The van der Waals surface area contributed by atoms with E-state index in [2.05, 4.69) is 10.6 Å². The van der Waals surface area contributed by atoms with Gasteiger partial charge in [-0.15, -0.1) is 12.4 Å². The molecule has 1 rings (SSSR count). The standard InChI is InChI=1S/C18H34N4O3.ClH/c1-18(2,3)17(25)20-11-6-8-16(24)22-12-5-4-7-14(22)13-21-15(23)9-10-19;/h14H,4-13,19H2,1-3H3,(H,20,25)(H,21,23);1H. The Balaban J connectivity index is 0.00000625. The lowest BCUT2D eigenvalue weighted by molar-refractivity contribution is -0.136. The molecule has 1 aliphatic rings. The number of piperidine rings is 1. The molecule has 3 amide bonds. The molecule has 4 N–H and O–H groups in total. The minimum absolute atomic E-state index is 0. The molecule has 1 heterocycles. The van der Waals surface area contributed by atoms with E-state index in [4.69, 9.17) is 5.73 Å². The van der Waals surface area contributed by atoms with Crippen molar-refractivity contribution in [2.45, 2.75) is 65.3 Å². The zero-order chi connectivity index (χ0) is 18.9. The van der Waals surface area contributed by atoms with E-state index in [1.807, 2.05) is 25.7 Å². The zero-order valence-corrected chi connectivity index (χ0v) is 17.1. The van der Waals surface area contributed by atoms with Gasteiger partial charge in [0.1, 0.15) is 0 Å². The molecule has 0 bridgehead atoms. The van der Waals surface area contributed by atoms with Crippen LogP contribution in [0, 0.1) is 5.41 Å². The van der Waals surface area contributed by atoms with Crippen LogP contribution in [0.1, 0.15) is 59.3 Å². The van der Waals surface area contributed by atoms with E-state index in [9.17, 15) is 14.4 Å². The molecular weight excluding hydrogens is 356 g/mol. The molecule has 1 unspecified atom stereocenters. The van der Waals surface area contributed by atoms with Gasteiger partial charge in [-0.2, -0.15) is 0 Å². The van der Waals surface area contributed by atoms with Crippen LogP contribution in [0.3, 0.4) is 0 Å². The fourth-order valence-electron chi connectivity index (χ4n) is 2.84. The van der Waals surface area contributed by atoms with Crippen LogP contribution in [0.2, 0.25) is 0 Å². The monoisotopic (exact) mass is 390 g/mol. The molecule has 0 aromatic heterocycles. The summed E-state index contributed by atoms with van der Waals surface area (Å²) in [5.41, 5.74) is 4.96. The molecule has 1 aliphatic heterocycles. The quantitative estimate of drug-likeness (QED) is 0.541. The van der Waals surface area contributed by atoms with E-state index in [0.29, 0.717) is 38.9 Å². The number of carbonyl (C=O) groups is 3. The summed E-state index contributed by atoms with van der Waals surface area (Å²) >= 11 is 0. The number of hydrogen-bond acceptors (Lipinski definition) is 4. The molecule has 1 atom stereocenters. The first kappa shape index (κ1) is 24.7. The van der Waals surface area contributed by atoms with Crippen LogP contribution in [0.25, 0.3) is 0 Å². The predicted octanol–water partition coefficient (Wildman–Crippen LogP) is 1.20. The van der Waals surface area contributed by atoms with Crippen molar-refractivity contribution in [2.24, 2.45) is 11.1 Å². The maximum Gasteiger partial charge on any atom is 0.225 e. The first-order valence-electron chi connectivity index (χ1n) is 9.30. The number of likely N-dealkylation sites (tertiary alicyclic amines) is 1. The SMILES string of the molecule is CC(C)(C)C(=O)NCCCC(=O)N1CCCCC1CNC(=O)CCN.Cl. The van der Waals surface area contributed by atoms with Gasteiger partial charge in [-0.05, 0) is 25.7 Å². The topological polar surface area (TPSA) is 105 Å². The van der Waals surface area contributed by atoms with Gasteiger partial charge < -0.3 is 21.3 Å². The second-order valence-electron chi connectivity index (χ2n) is 7.69. The Labute approximate surface area is 163 Å². The molecule has 0 aromatic rings. The van der Waals surface area contributed by atoms with E-state index in [1.54, 1.807) is 0 Å². The van der Waals surface area contributed by atoms with Crippen LogP contribution >= 0.6 is 12.4 Å². The molecule has 1 fully saturated rings. The molecule has 0 saturated carbocycles. The summed E-state index contributed by atoms with van der Waals surface area (Å²) in [5.74, 6) is 0.0339. The van der Waals surface area contributed by atoms with E-state index in [1.165, 1.54) is 0 Å². The zero-order valence-electron chi connectivity index (χ0n) is 16.3. The van der Waals surface area contributed by atoms with Crippen molar-refractivity contribution in [3.63, 3.8) is 0 Å². The molecule has 7 nitrogen and oxygen atoms in total. The van der Waals surface area contributed by atoms with E-state index in [0.717, 1.165) is 25.8 Å². The molecule has 0 spiro atoms. The number of amides is 3. The van der Waals surface area contributed by atoms with Gasteiger partial charge in [-0.25, -0.2) is 0 Å². The van der Waals surface area contributed by atoms with Crippen molar-refractivity contribution in [1.82, 2.24) is 15.5 Å². The second-order valence-corrected chi connectivity index (χ2v) is 7.69. The largest absolute Gasteiger partial charge is 0.356 e. The minimum Gasteiger partial charge on any atom is -0.356 e. The Morgan fingerprint density at radius 2 is 1.81 bits per heavy atom. The van der Waals surface area contributed by atoms with Crippen LogP contribution in [-0.2, 0) is 14.4 Å². The fourth-order valence-corrected chi connectivity index (χ4v) is 2.84. The smallest absolute Gasteiger partial charge is 0.225 e. The van der Waals surface area contributed by atoms with E-state index < -0.39 is 5.41 Å². The highest BCUT2D eigenvalue weighted by Gasteiger charge is 2.26. The Morgan fingerprint density at radius 1 is 1.12 bits per heavy atom. The lowest BCUT2D eigenvalue weighted by Gasteiger charge is -2.36. The predicted molar refractivity (Wildman–Crippen MR) is 105 cm³/mol. The van der Waals surface area contributed by atoms with Gasteiger partial charge in [-0.3, -0.25) is 14.4 Å².